The van der Waals surface area contributed by atoms with E-state index in [-0.39, 0.29) is 12.3 Å². The van der Waals surface area contributed by atoms with E-state index in [9.17, 15) is 27.6 Å². The molecule has 0 saturated carbocycles. The first kappa shape index (κ1) is 20.0. The number of urea groups is 1. The van der Waals surface area contributed by atoms with Crippen LogP contribution in [0.3, 0.4) is 0 Å². The molecule has 152 valence electrons. The van der Waals surface area contributed by atoms with E-state index in [1.807, 2.05) is 0 Å². The van der Waals surface area contributed by atoms with Crippen LogP contribution in [0.15, 0.2) is 18.2 Å². The van der Waals surface area contributed by atoms with Crippen molar-refractivity contribution in [3.05, 3.63) is 29.3 Å². The Morgan fingerprint density at radius 2 is 1.96 bits per heavy atom. The minimum absolute atomic E-state index is 0.0428. The molecule has 2 N–H and O–H groups in total. The third kappa shape index (κ3) is 3.63. The van der Waals surface area contributed by atoms with Crippen molar-refractivity contribution < 1.29 is 32.7 Å². The summed E-state index contributed by atoms with van der Waals surface area (Å²) in [7, 11) is 1.67. The first-order chi connectivity index (χ1) is 13.0. The Kier molecular flexibility index (Phi) is 4.99. The van der Waals surface area contributed by atoms with Crippen LogP contribution in [0.25, 0.3) is 0 Å². The van der Waals surface area contributed by atoms with Crippen molar-refractivity contribution in [1.82, 2.24) is 10.2 Å². The summed E-state index contributed by atoms with van der Waals surface area (Å²) in [5.74, 6) is -5.38. The number of nitrogens with one attached hydrogen (secondary N) is 1. The van der Waals surface area contributed by atoms with E-state index < -0.39 is 49.1 Å². The Bertz CT molecular complexity index is 827. The van der Waals surface area contributed by atoms with Crippen LogP contribution >= 0.6 is 0 Å². The van der Waals surface area contributed by atoms with Crippen molar-refractivity contribution in [2.45, 2.75) is 25.6 Å². The summed E-state index contributed by atoms with van der Waals surface area (Å²) in [5, 5.41) is 11.7. The summed E-state index contributed by atoms with van der Waals surface area (Å²) in [6, 6.07) is 4.01. The first-order valence-corrected chi connectivity index (χ1v) is 8.73. The zero-order chi connectivity index (χ0) is 20.8. The molecule has 0 aliphatic carbocycles. The topological polar surface area (TPSA) is 90.0 Å². The summed E-state index contributed by atoms with van der Waals surface area (Å²) in [4.78, 5) is 37.7. The number of likely N-dealkylation sites (tertiary alicyclic amines) is 1. The molecule has 0 spiro atoms. The van der Waals surface area contributed by atoms with E-state index in [1.165, 1.54) is 4.90 Å². The van der Waals surface area contributed by atoms with Crippen LogP contribution in [-0.4, -0.2) is 54.2 Å². The number of benzene rings is 1. The van der Waals surface area contributed by atoms with Gasteiger partial charge in [0.2, 0.25) is 5.91 Å². The molecule has 10 heteroatoms. The quantitative estimate of drug-likeness (QED) is 0.815. The van der Waals surface area contributed by atoms with E-state index >= 15 is 0 Å². The summed E-state index contributed by atoms with van der Waals surface area (Å²) < 4.78 is 39.2. The largest absolute Gasteiger partial charge is 0.481 e. The van der Waals surface area contributed by atoms with E-state index in [0.717, 1.165) is 16.2 Å². The van der Waals surface area contributed by atoms with E-state index in [0.29, 0.717) is 5.56 Å². The van der Waals surface area contributed by atoms with Crippen molar-refractivity contribution in [2.24, 2.45) is 11.8 Å². The maximum atomic E-state index is 13.1. The average Bonchev–Trinajstić information content (AvgIpc) is 3.17. The van der Waals surface area contributed by atoms with Gasteiger partial charge in [-0.2, -0.15) is 13.2 Å². The number of anilines is 1. The maximum absolute atomic E-state index is 13.1. The standard InChI is InChI=1S/C18H20F3N3O4/c1-9(10-3-4-14-11(5-10)6-15(25)23(14)2)22-17(28)24-7-12(16(26)27)13(8-24)18(19,20)21/h3-5,9,12-13H,6-8H2,1-2H3,(H,22,28)(H,26,27)/t9?,12-,13-/m1/s1. The number of aliphatic carboxylic acids is 1. The van der Waals surface area contributed by atoms with Gasteiger partial charge < -0.3 is 20.2 Å². The van der Waals surface area contributed by atoms with Crippen molar-refractivity contribution >= 4 is 23.6 Å². The summed E-state index contributed by atoms with van der Waals surface area (Å²) >= 11 is 0. The fourth-order valence-corrected chi connectivity index (χ4v) is 3.67. The Morgan fingerprint density at radius 1 is 1.29 bits per heavy atom. The molecule has 28 heavy (non-hydrogen) atoms. The van der Waals surface area contributed by atoms with Gasteiger partial charge in [0.25, 0.3) is 0 Å². The van der Waals surface area contributed by atoms with Crippen LogP contribution in [-0.2, 0) is 16.0 Å². The molecule has 0 radical (unpaired) electrons. The molecule has 2 aliphatic heterocycles. The Morgan fingerprint density at radius 3 is 2.54 bits per heavy atom. The molecule has 1 aromatic rings. The first-order valence-electron chi connectivity index (χ1n) is 8.73. The maximum Gasteiger partial charge on any atom is 0.394 e. The van der Waals surface area contributed by atoms with Crippen LogP contribution < -0.4 is 10.2 Å². The van der Waals surface area contributed by atoms with Crippen molar-refractivity contribution in [3.63, 3.8) is 0 Å². The van der Waals surface area contributed by atoms with Gasteiger partial charge in [0.15, 0.2) is 0 Å². The molecule has 3 rings (SSSR count). The van der Waals surface area contributed by atoms with Crippen LogP contribution in [0.5, 0.6) is 0 Å². The fraction of sp³-hybridized carbons (Fsp3) is 0.500. The second kappa shape index (κ2) is 6.99. The minimum Gasteiger partial charge on any atom is -0.481 e. The van der Waals surface area contributed by atoms with Gasteiger partial charge in [-0.3, -0.25) is 9.59 Å². The Balaban J connectivity index is 1.69. The van der Waals surface area contributed by atoms with Gasteiger partial charge >= 0.3 is 18.2 Å². The number of carboxylic acid groups (broad SMARTS) is 1. The predicted octanol–water partition coefficient (Wildman–Crippen LogP) is 2.17. The van der Waals surface area contributed by atoms with Gasteiger partial charge in [-0.25, -0.2) is 4.79 Å². The molecule has 0 bridgehead atoms. The van der Waals surface area contributed by atoms with E-state index in [1.54, 1.807) is 32.2 Å². The number of alkyl halides is 3. The van der Waals surface area contributed by atoms with Crippen molar-refractivity contribution in [3.8, 4) is 0 Å². The highest BCUT2D eigenvalue weighted by molar-refractivity contribution is 6.00. The smallest absolute Gasteiger partial charge is 0.394 e. The van der Waals surface area contributed by atoms with Gasteiger partial charge in [-0.15, -0.1) is 0 Å². The normalized spacial score (nSPS) is 23.0. The van der Waals surface area contributed by atoms with Crippen molar-refractivity contribution in [2.75, 3.05) is 25.0 Å². The number of hydrogen-bond donors (Lipinski definition) is 2. The summed E-state index contributed by atoms with van der Waals surface area (Å²) in [5.41, 5.74) is 2.30. The number of nitrogens with zero attached hydrogens (tertiary/aromatic N) is 2. The van der Waals surface area contributed by atoms with E-state index in [4.69, 9.17) is 5.11 Å². The number of likely N-dealkylation sites (N-methyl/N-ethyl adjacent to an activating group) is 1. The second-order valence-corrected chi connectivity index (χ2v) is 7.19. The summed E-state index contributed by atoms with van der Waals surface area (Å²) in [6.45, 7) is 0.482. The number of fused-ring (bicyclic) bond motifs is 1. The predicted molar refractivity (Wildman–Crippen MR) is 92.7 cm³/mol. The number of hydrogen-bond acceptors (Lipinski definition) is 3. The molecule has 7 nitrogen and oxygen atoms in total. The number of rotatable bonds is 3. The third-order valence-corrected chi connectivity index (χ3v) is 5.37. The lowest BCUT2D eigenvalue weighted by atomic mass is 9.96. The molecule has 1 aromatic carbocycles. The number of amides is 3. The molecule has 0 aromatic heterocycles. The van der Waals surface area contributed by atoms with Crippen LogP contribution in [0, 0.1) is 11.8 Å². The monoisotopic (exact) mass is 399 g/mol. The zero-order valence-electron chi connectivity index (χ0n) is 15.3. The lowest BCUT2D eigenvalue weighted by Gasteiger charge is -2.22. The highest BCUT2D eigenvalue weighted by Crippen LogP contribution is 2.38. The SMILES string of the molecule is CC(NC(=O)N1C[C@@H](C(F)(F)F)[C@H](C(=O)O)C1)c1ccc2c(c1)CC(=O)N2C. The minimum atomic E-state index is -4.69. The van der Waals surface area contributed by atoms with Gasteiger partial charge in [0.1, 0.15) is 0 Å². The van der Waals surface area contributed by atoms with Crippen LogP contribution in [0.2, 0.25) is 0 Å². The molecule has 1 saturated heterocycles. The zero-order valence-corrected chi connectivity index (χ0v) is 15.3. The fourth-order valence-electron chi connectivity index (χ4n) is 3.67. The van der Waals surface area contributed by atoms with Crippen molar-refractivity contribution in [1.29, 1.82) is 0 Å². The van der Waals surface area contributed by atoms with E-state index in [2.05, 4.69) is 5.32 Å². The number of carbonyl (C=O) groups excluding carboxylic acids is 2. The van der Waals surface area contributed by atoms with Gasteiger partial charge in [-0.05, 0) is 24.1 Å². The molecule has 1 unspecified atom stereocenters. The highest BCUT2D eigenvalue weighted by Gasteiger charge is 2.53. The Hall–Kier alpha value is -2.78. The number of carboxylic acids is 1. The van der Waals surface area contributed by atoms with Crippen LogP contribution in [0.4, 0.5) is 23.7 Å². The molecular formula is C18H20F3N3O4. The average molecular weight is 399 g/mol. The molecule has 2 heterocycles. The molecule has 1 fully saturated rings. The van der Waals surface area contributed by atoms with Gasteiger partial charge in [-0.1, -0.05) is 12.1 Å². The molecule has 3 atom stereocenters. The lowest BCUT2D eigenvalue weighted by molar-refractivity contribution is -0.187. The third-order valence-electron chi connectivity index (χ3n) is 5.37. The van der Waals surface area contributed by atoms with Gasteiger partial charge in [0.05, 0.1) is 24.3 Å². The second-order valence-electron chi connectivity index (χ2n) is 7.19. The highest BCUT2D eigenvalue weighted by atomic mass is 19.4. The number of carbonyl (C=O) groups is 3. The lowest BCUT2D eigenvalue weighted by Crippen LogP contribution is -2.40. The van der Waals surface area contributed by atoms with Gasteiger partial charge in [0, 0.05) is 25.8 Å². The van der Waals surface area contributed by atoms with Crippen LogP contribution in [0.1, 0.15) is 24.1 Å². The summed E-state index contributed by atoms with van der Waals surface area (Å²) in [6.07, 6.45) is -4.44. The molecule has 2 aliphatic rings. The molecular weight excluding hydrogens is 379 g/mol. The molecule has 3 amide bonds. The Labute approximate surface area is 159 Å². The number of halogens is 3.